The number of rotatable bonds is 1. The fourth-order valence-electron chi connectivity index (χ4n) is 11.0. The highest BCUT2D eigenvalue weighted by Crippen LogP contribution is 2.75. The first-order chi connectivity index (χ1) is 16.0. The van der Waals surface area contributed by atoms with Gasteiger partial charge in [0, 0.05) is 5.41 Å². The Labute approximate surface area is 212 Å². The second-order valence-corrected chi connectivity index (χ2v) is 15.3. The molecule has 5 N–H and O–H groups in total. The molecular formula is C30H50O5. The Morgan fingerprint density at radius 3 is 2.09 bits per heavy atom. The summed E-state index contributed by atoms with van der Waals surface area (Å²) in [6.07, 6.45) is 4.90. The largest absolute Gasteiger partial charge is 0.396 e. The maximum absolute atomic E-state index is 12.0. The first kappa shape index (κ1) is 26.2. The number of allylic oxidation sites excluding steroid dienone is 1. The van der Waals surface area contributed by atoms with Crippen molar-refractivity contribution in [2.75, 3.05) is 6.61 Å². The van der Waals surface area contributed by atoms with E-state index in [2.05, 4.69) is 54.5 Å². The first-order valence-corrected chi connectivity index (χ1v) is 14.1. The maximum atomic E-state index is 12.0. The van der Waals surface area contributed by atoms with Crippen LogP contribution in [0, 0.1) is 50.2 Å². The van der Waals surface area contributed by atoms with Gasteiger partial charge in [0.05, 0.1) is 36.4 Å². The van der Waals surface area contributed by atoms with Crippen LogP contribution in [0.25, 0.3) is 0 Å². The molecule has 5 aliphatic carbocycles. The zero-order valence-electron chi connectivity index (χ0n) is 23.0. The Balaban J connectivity index is 1.66. The predicted octanol–water partition coefficient (Wildman–Crippen LogP) is 4.05. The summed E-state index contributed by atoms with van der Waals surface area (Å²) in [6, 6.07) is 0. The van der Waals surface area contributed by atoms with E-state index in [0.29, 0.717) is 18.3 Å². The number of aliphatic hydroxyl groups is 5. The third-order valence-corrected chi connectivity index (χ3v) is 13.2. The molecule has 0 heterocycles. The van der Waals surface area contributed by atoms with E-state index in [-0.39, 0.29) is 40.3 Å². The highest BCUT2D eigenvalue weighted by Gasteiger charge is 2.73. The zero-order valence-corrected chi connectivity index (χ0v) is 23.0. The summed E-state index contributed by atoms with van der Waals surface area (Å²) >= 11 is 0. The van der Waals surface area contributed by atoms with Crippen molar-refractivity contribution in [3.05, 3.63) is 11.6 Å². The summed E-state index contributed by atoms with van der Waals surface area (Å²) in [5.41, 5.74) is -1.05. The monoisotopic (exact) mass is 490 g/mol. The Hall–Kier alpha value is -0.460. The van der Waals surface area contributed by atoms with Crippen molar-refractivity contribution in [1.29, 1.82) is 0 Å². The van der Waals surface area contributed by atoms with Crippen molar-refractivity contribution in [3.63, 3.8) is 0 Å². The van der Waals surface area contributed by atoms with Gasteiger partial charge in [-0.3, -0.25) is 0 Å². The van der Waals surface area contributed by atoms with Gasteiger partial charge < -0.3 is 25.5 Å². The maximum Gasteiger partial charge on any atom is 0.0916 e. The lowest BCUT2D eigenvalue weighted by Gasteiger charge is -2.73. The van der Waals surface area contributed by atoms with E-state index >= 15 is 0 Å². The molecular weight excluding hydrogens is 440 g/mol. The van der Waals surface area contributed by atoms with Crippen LogP contribution in [0.5, 0.6) is 0 Å². The Bertz CT molecular complexity index is 910. The molecule has 5 aliphatic rings. The summed E-state index contributed by atoms with van der Waals surface area (Å²) in [4.78, 5) is 0. The van der Waals surface area contributed by atoms with E-state index < -0.39 is 29.1 Å². The summed E-state index contributed by atoms with van der Waals surface area (Å²) in [5.74, 6) is 0.579. The molecule has 0 bridgehead atoms. The van der Waals surface area contributed by atoms with Crippen LogP contribution >= 0.6 is 0 Å². The van der Waals surface area contributed by atoms with Crippen LogP contribution in [0.3, 0.4) is 0 Å². The quantitative estimate of drug-likeness (QED) is 0.357. The van der Waals surface area contributed by atoms with Gasteiger partial charge in [0.1, 0.15) is 0 Å². The van der Waals surface area contributed by atoms with Crippen LogP contribution in [-0.4, -0.2) is 56.6 Å². The molecule has 35 heavy (non-hydrogen) atoms. The summed E-state index contributed by atoms with van der Waals surface area (Å²) in [7, 11) is 0. The van der Waals surface area contributed by atoms with Gasteiger partial charge >= 0.3 is 0 Å². The smallest absolute Gasteiger partial charge is 0.0916 e. The van der Waals surface area contributed by atoms with Gasteiger partial charge in [0.15, 0.2) is 0 Å². The van der Waals surface area contributed by atoms with Crippen LogP contribution in [0.2, 0.25) is 0 Å². The molecule has 3 unspecified atom stereocenters. The molecule has 5 nitrogen and oxygen atoms in total. The number of aliphatic hydroxyl groups excluding tert-OH is 5. The molecule has 0 aliphatic heterocycles. The van der Waals surface area contributed by atoms with Crippen LogP contribution < -0.4 is 0 Å². The van der Waals surface area contributed by atoms with E-state index in [1.54, 1.807) is 0 Å². The highest BCUT2D eigenvalue weighted by atomic mass is 16.3. The van der Waals surface area contributed by atoms with Gasteiger partial charge in [-0.05, 0) is 84.4 Å². The van der Waals surface area contributed by atoms with Crippen molar-refractivity contribution in [1.82, 2.24) is 0 Å². The molecule has 0 amide bonds. The van der Waals surface area contributed by atoms with Crippen molar-refractivity contribution >= 4 is 0 Å². The lowest BCUT2D eigenvalue weighted by atomic mass is 9.32. The minimum Gasteiger partial charge on any atom is -0.396 e. The zero-order chi connectivity index (χ0) is 26.0. The van der Waals surface area contributed by atoms with Crippen LogP contribution in [0.1, 0.15) is 93.4 Å². The fourth-order valence-corrected chi connectivity index (χ4v) is 11.0. The highest BCUT2D eigenvalue weighted by molar-refractivity contribution is 5.38. The number of fused-ring (bicyclic) bond motifs is 7. The van der Waals surface area contributed by atoms with E-state index in [1.807, 2.05) is 0 Å². The standard InChI is InChI=1S/C30H50O5/c1-25(2)14-18-17-8-9-20-27(5)12-11-21(32)26(3,4)19(27)10-13-28(20,6)29(17,7)23(34)24(35)30(18,16-31)22(33)15-25/h8,18-24,31-35H,9-16H2,1-7H3/t18?,19?,20?,21-,22-,23-,24+,27-,28+,29-,30+/m0/s1. The lowest BCUT2D eigenvalue weighted by Crippen LogP contribution is -2.74. The summed E-state index contributed by atoms with van der Waals surface area (Å²) in [6.45, 7) is 15.4. The van der Waals surface area contributed by atoms with Crippen molar-refractivity contribution in [2.45, 2.75) is 118 Å². The summed E-state index contributed by atoms with van der Waals surface area (Å²) in [5, 5.41) is 56.7. The molecule has 11 atom stereocenters. The Morgan fingerprint density at radius 1 is 0.800 bits per heavy atom. The first-order valence-electron chi connectivity index (χ1n) is 14.1. The summed E-state index contributed by atoms with van der Waals surface area (Å²) < 4.78 is 0. The molecule has 0 saturated heterocycles. The predicted molar refractivity (Wildman–Crippen MR) is 136 cm³/mol. The van der Waals surface area contributed by atoms with Crippen molar-refractivity contribution in [3.8, 4) is 0 Å². The van der Waals surface area contributed by atoms with E-state index in [0.717, 1.165) is 44.1 Å². The Kier molecular flexibility index (Phi) is 5.65. The molecule has 5 rings (SSSR count). The molecule has 0 aromatic carbocycles. The molecule has 0 radical (unpaired) electrons. The van der Waals surface area contributed by atoms with E-state index in [4.69, 9.17) is 0 Å². The molecule has 5 heteroatoms. The fraction of sp³-hybridized carbons (Fsp3) is 0.933. The molecule has 200 valence electrons. The van der Waals surface area contributed by atoms with Gasteiger partial charge in [-0.2, -0.15) is 0 Å². The van der Waals surface area contributed by atoms with E-state index in [1.165, 1.54) is 0 Å². The average Bonchev–Trinajstić information content (AvgIpc) is 2.75. The van der Waals surface area contributed by atoms with Crippen LogP contribution in [0.4, 0.5) is 0 Å². The lowest BCUT2D eigenvalue weighted by molar-refractivity contribution is -0.272. The number of hydrogen-bond acceptors (Lipinski definition) is 5. The molecule has 0 aromatic rings. The molecule has 4 saturated carbocycles. The Morgan fingerprint density at radius 2 is 1.46 bits per heavy atom. The van der Waals surface area contributed by atoms with Crippen LogP contribution in [0.15, 0.2) is 11.6 Å². The SMILES string of the molecule is CC1(C)CC2C3=CCC4[C@@]5(C)CC[C@H](O)C(C)(C)C5CC[C@@]4(C)[C@]3(C)[C@@H](O)[C@@H](O)[C@@]2(CO)[C@@H](O)C1. The van der Waals surface area contributed by atoms with Crippen molar-refractivity contribution < 1.29 is 25.5 Å². The minimum atomic E-state index is -1.18. The van der Waals surface area contributed by atoms with Gasteiger partial charge in [0.25, 0.3) is 0 Å². The van der Waals surface area contributed by atoms with E-state index in [9.17, 15) is 25.5 Å². The topological polar surface area (TPSA) is 101 Å². The second-order valence-electron chi connectivity index (χ2n) is 15.3. The van der Waals surface area contributed by atoms with Gasteiger partial charge in [0.2, 0.25) is 0 Å². The van der Waals surface area contributed by atoms with Crippen LogP contribution in [-0.2, 0) is 0 Å². The molecule has 4 fully saturated rings. The van der Waals surface area contributed by atoms with Crippen molar-refractivity contribution in [2.24, 2.45) is 50.2 Å². The second kappa shape index (κ2) is 7.56. The number of hydrogen-bond donors (Lipinski definition) is 5. The van der Waals surface area contributed by atoms with Gasteiger partial charge in [-0.15, -0.1) is 0 Å². The third kappa shape index (κ3) is 2.94. The molecule has 0 spiro atoms. The van der Waals surface area contributed by atoms with Gasteiger partial charge in [-0.1, -0.05) is 60.1 Å². The third-order valence-electron chi connectivity index (χ3n) is 13.2. The van der Waals surface area contributed by atoms with Gasteiger partial charge in [-0.25, -0.2) is 0 Å². The minimum absolute atomic E-state index is 0.0440. The average molecular weight is 491 g/mol. The molecule has 0 aromatic heterocycles. The normalized spacial score (nSPS) is 56.7.